The summed E-state index contributed by atoms with van der Waals surface area (Å²) in [6, 6.07) is 12.3. The fourth-order valence-corrected chi connectivity index (χ4v) is 2.62. The van der Waals surface area contributed by atoms with Crippen molar-refractivity contribution in [3.63, 3.8) is 0 Å². The fourth-order valence-electron chi connectivity index (χ4n) is 2.10. The van der Waals surface area contributed by atoms with Crippen LogP contribution in [-0.4, -0.2) is 17.4 Å². The summed E-state index contributed by atoms with van der Waals surface area (Å²) in [5.41, 5.74) is 7.92. The standard InChI is InChI=1S/C16H16Cl2N2O/c1-2-20(10-11-4-3-5-15(19)6-11)16(21)12-7-13(17)9-14(18)8-12/h3-9H,2,10,19H2,1H3. The topological polar surface area (TPSA) is 46.3 Å². The summed E-state index contributed by atoms with van der Waals surface area (Å²) in [5, 5.41) is 0.900. The van der Waals surface area contributed by atoms with Crippen LogP contribution in [0.5, 0.6) is 0 Å². The highest BCUT2D eigenvalue weighted by atomic mass is 35.5. The summed E-state index contributed by atoms with van der Waals surface area (Å²) >= 11 is 11.9. The van der Waals surface area contributed by atoms with Gasteiger partial charge in [0.05, 0.1) is 0 Å². The van der Waals surface area contributed by atoms with Crippen molar-refractivity contribution < 1.29 is 4.79 Å². The molecule has 0 saturated carbocycles. The molecule has 0 bridgehead atoms. The fraction of sp³-hybridized carbons (Fsp3) is 0.188. The number of hydrogen-bond donors (Lipinski definition) is 1. The zero-order chi connectivity index (χ0) is 15.4. The van der Waals surface area contributed by atoms with Crippen LogP contribution in [0.1, 0.15) is 22.8 Å². The second-order valence-corrected chi connectivity index (χ2v) is 5.60. The molecule has 0 radical (unpaired) electrons. The van der Waals surface area contributed by atoms with Crippen molar-refractivity contribution in [3.05, 3.63) is 63.6 Å². The molecule has 0 aliphatic carbocycles. The van der Waals surface area contributed by atoms with Gasteiger partial charge in [-0.15, -0.1) is 0 Å². The summed E-state index contributed by atoms with van der Waals surface area (Å²) < 4.78 is 0. The molecular formula is C16H16Cl2N2O. The Kier molecular flexibility index (Phi) is 5.10. The number of carbonyl (C=O) groups is 1. The summed E-state index contributed by atoms with van der Waals surface area (Å²) in [6.07, 6.45) is 0. The molecule has 1 amide bonds. The predicted octanol–water partition coefficient (Wildman–Crippen LogP) is 4.24. The van der Waals surface area contributed by atoms with Gasteiger partial charge in [-0.3, -0.25) is 4.79 Å². The number of amides is 1. The van der Waals surface area contributed by atoms with Crippen LogP contribution < -0.4 is 5.73 Å². The Morgan fingerprint density at radius 1 is 1.14 bits per heavy atom. The number of carbonyl (C=O) groups excluding carboxylic acids is 1. The van der Waals surface area contributed by atoms with Crippen molar-refractivity contribution in [1.29, 1.82) is 0 Å². The number of benzene rings is 2. The molecule has 0 saturated heterocycles. The highest BCUT2D eigenvalue weighted by Crippen LogP contribution is 2.21. The first-order chi connectivity index (χ1) is 9.99. The minimum absolute atomic E-state index is 0.107. The second kappa shape index (κ2) is 6.83. The number of nitrogens with zero attached hydrogens (tertiary/aromatic N) is 1. The lowest BCUT2D eigenvalue weighted by Crippen LogP contribution is -2.30. The lowest BCUT2D eigenvalue weighted by molar-refractivity contribution is 0.0752. The Morgan fingerprint density at radius 3 is 2.38 bits per heavy atom. The molecule has 0 aliphatic rings. The highest BCUT2D eigenvalue weighted by Gasteiger charge is 2.15. The van der Waals surface area contributed by atoms with Gasteiger partial charge in [0.25, 0.3) is 5.91 Å². The summed E-state index contributed by atoms with van der Waals surface area (Å²) in [7, 11) is 0. The van der Waals surface area contributed by atoms with E-state index in [9.17, 15) is 4.79 Å². The average Bonchev–Trinajstić information content (AvgIpc) is 2.43. The number of halogens is 2. The molecule has 0 spiro atoms. The maximum atomic E-state index is 12.5. The molecule has 2 N–H and O–H groups in total. The molecule has 5 heteroatoms. The highest BCUT2D eigenvalue weighted by molar-refractivity contribution is 6.35. The number of hydrogen-bond acceptors (Lipinski definition) is 2. The van der Waals surface area contributed by atoms with Crippen molar-refractivity contribution in [1.82, 2.24) is 4.90 Å². The SMILES string of the molecule is CCN(Cc1cccc(N)c1)C(=O)c1cc(Cl)cc(Cl)c1. The molecule has 0 aliphatic heterocycles. The summed E-state index contributed by atoms with van der Waals surface area (Å²) in [4.78, 5) is 14.3. The van der Waals surface area contributed by atoms with Crippen molar-refractivity contribution in [2.75, 3.05) is 12.3 Å². The quantitative estimate of drug-likeness (QED) is 0.856. The van der Waals surface area contributed by atoms with Crippen molar-refractivity contribution in [3.8, 4) is 0 Å². The first-order valence-corrected chi connectivity index (χ1v) is 7.35. The van der Waals surface area contributed by atoms with E-state index in [-0.39, 0.29) is 5.91 Å². The molecule has 0 aromatic heterocycles. The molecule has 2 rings (SSSR count). The largest absolute Gasteiger partial charge is 0.399 e. The Labute approximate surface area is 134 Å². The van der Waals surface area contributed by atoms with E-state index in [0.29, 0.717) is 34.4 Å². The minimum Gasteiger partial charge on any atom is -0.399 e. The van der Waals surface area contributed by atoms with Gasteiger partial charge in [-0.2, -0.15) is 0 Å². The first kappa shape index (κ1) is 15.7. The van der Waals surface area contributed by atoms with Crippen LogP contribution in [0.4, 0.5) is 5.69 Å². The lowest BCUT2D eigenvalue weighted by atomic mass is 10.1. The van der Waals surface area contributed by atoms with Crippen LogP contribution in [0.25, 0.3) is 0 Å². The zero-order valence-corrected chi connectivity index (χ0v) is 13.2. The van der Waals surface area contributed by atoms with E-state index in [0.717, 1.165) is 5.56 Å². The third kappa shape index (κ3) is 4.13. The predicted molar refractivity (Wildman–Crippen MR) is 87.7 cm³/mol. The Morgan fingerprint density at radius 2 is 1.81 bits per heavy atom. The molecule has 2 aromatic rings. The Hall–Kier alpha value is -1.71. The van der Waals surface area contributed by atoms with Gasteiger partial charge in [0, 0.05) is 34.4 Å². The molecule has 110 valence electrons. The van der Waals surface area contributed by atoms with E-state index < -0.39 is 0 Å². The zero-order valence-electron chi connectivity index (χ0n) is 11.6. The molecule has 0 atom stereocenters. The van der Waals surface area contributed by atoms with Gasteiger partial charge in [-0.05, 0) is 42.8 Å². The Balaban J connectivity index is 2.22. The van der Waals surface area contributed by atoms with Gasteiger partial charge < -0.3 is 10.6 Å². The maximum Gasteiger partial charge on any atom is 0.254 e. The van der Waals surface area contributed by atoms with Crippen LogP contribution in [0.2, 0.25) is 10.0 Å². The van der Waals surface area contributed by atoms with Gasteiger partial charge in [0.15, 0.2) is 0 Å². The normalized spacial score (nSPS) is 10.4. The minimum atomic E-state index is -0.107. The van der Waals surface area contributed by atoms with Crippen LogP contribution >= 0.6 is 23.2 Å². The van der Waals surface area contributed by atoms with Crippen LogP contribution in [0, 0.1) is 0 Å². The van der Waals surface area contributed by atoms with Crippen molar-refractivity contribution in [2.24, 2.45) is 0 Å². The number of nitrogen functional groups attached to an aromatic ring is 1. The smallest absolute Gasteiger partial charge is 0.254 e. The van der Waals surface area contributed by atoms with Crippen LogP contribution in [0.15, 0.2) is 42.5 Å². The number of rotatable bonds is 4. The Bertz CT molecular complexity index is 638. The maximum absolute atomic E-state index is 12.5. The molecular weight excluding hydrogens is 307 g/mol. The summed E-state index contributed by atoms with van der Waals surface area (Å²) in [5.74, 6) is -0.107. The van der Waals surface area contributed by atoms with Gasteiger partial charge in [0.1, 0.15) is 0 Å². The van der Waals surface area contributed by atoms with E-state index >= 15 is 0 Å². The first-order valence-electron chi connectivity index (χ1n) is 6.59. The van der Waals surface area contributed by atoms with Crippen molar-refractivity contribution in [2.45, 2.75) is 13.5 Å². The van der Waals surface area contributed by atoms with E-state index in [4.69, 9.17) is 28.9 Å². The molecule has 0 heterocycles. The van der Waals surface area contributed by atoms with Gasteiger partial charge >= 0.3 is 0 Å². The van der Waals surface area contributed by atoms with Crippen LogP contribution in [0.3, 0.4) is 0 Å². The number of nitrogens with two attached hydrogens (primary N) is 1. The molecule has 21 heavy (non-hydrogen) atoms. The van der Waals surface area contributed by atoms with Crippen molar-refractivity contribution >= 4 is 34.8 Å². The van der Waals surface area contributed by atoms with E-state index in [2.05, 4.69) is 0 Å². The third-order valence-electron chi connectivity index (χ3n) is 3.10. The third-order valence-corrected chi connectivity index (χ3v) is 3.54. The van der Waals surface area contributed by atoms with E-state index in [1.54, 1.807) is 23.1 Å². The van der Waals surface area contributed by atoms with Crippen LogP contribution in [-0.2, 0) is 6.54 Å². The monoisotopic (exact) mass is 322 g/mol. The lowest BCUT2D eigenvalue weighted by Gasteiger charge is -2.21. The van der Waals surface area contributed by atoms with Gasteiger partial charge in [-0.25, -0.2) is 0 Å². The number of anilines is 1. The molecule has 0 fully saturated rings. The average molecular weight is 323 g/mol. The van der Waals surface area contributed by atoms with E-state index in [1.165, 1.54) is 0 Å². The second-order valence-electron chi connectivity index (χ2n) is 4.72. The molecule has 3 nitrogen and oxygen atoms in total. The summed E-state index contributed by atoms with van der Waals surface area (Å²) in [6.45, 7) is 3.00. The van der Waals surface area contributed by atoms with Gasteiger partial charge in [0.2, 0.25) is 0 Å². The molecule has 2 aromatic carbocycles. The molecule has 0 unspecified atom stereocenters. The van der Waals surface area contributed by atoms with E-state index in [1.807, 2.05) is 31.2 Å². The van der Waals surface area contributed by atoms with Gasteiger partial charge in [-0.1, -0.05) is 35.3 Å².